The molecule has 11 aromatic carbocycles. The number of fused-ring (bicyclic) bond motifs is 9. The smallest absolute Gasteiger partial charge is 0.145 e. The predicted octanol–water partition coefficient (Wildman–Crippen LogP) is 17.5. The van der Waals surface area contributed by atoms with Crippen molar-refractivity contribution in [3.8, 4) is 39.1 Å². The Kier molecular flexibility index (Phi) is 8.53. The topological polar surface area (TPSA) is 21.3 Å². The van der Waals surface area contributed by atoms with E-state index in [4.69, 9.17) is 4.42 Å². The van der Waals surface area contributed by atoms with Gasteiger partial charge in [0.25, 0.3) is 0 Å². The molecule has 0 N–H and O–H groups in total. The van der Waals surface area contributed by atoms with Crippen LogP contribution in [0.1, 0.15) is 0 Å². The Hall–Kier alpha value is -8.66. The normalized spacial score (nSPS) is 11.7. The van der Waals surface area contributed by atoms with Gasteiger partial charge in [-0.1, -0.05) is 176 Å². The molecule has 304 valence electrons. The molecule has 3 nitrogen and oxygen atoms in total. The van der Waals surface area contributed by atoms with Gasteiger partial charge < -0.3 is 13.9 Å². The first-order valence-electron chi connectivity index (χ1n) is 22.3. The van der Waals surface area contributed by atoms with E-state index in [1.54, 1.807) is 0 Å². The minimum atomic E-state index is 0.856. The van der Waals surface area contributed by atoms with E-state index >= 15 is 0 Å². The summed E-state index contributed by atoms with van der Waals surface area (Å²) in [4.78, 5) is 2.46. The molecule has 0 saturated carbocycles. The molecule has 0 saturated heterocycles. The highest BCUT2D eigenvalue weighted by Gasteiger charge is 2.26. The van der Waals surface area contributed by atoms with Crippen molar-refractivity contribution in [1.82, 2.24) is 4.57 Å². The van der Waals surface area contributed by atoms with Gasteiger partial charge in [0.15, 0.2) is 0 Å². The summed E-state index contributed by atoms with van der Waals surface area (Å²) in [5, 5.41) is 9.38. The van der Waals surface area contributed by atoms with Crippen LogP contribution < -0.4 is 4.90 Å². The van der Waals surface area contributed by atoms with Crippen LogP contribution in [0.15, 0.2) is 247 Å². The van der Waals surface area contributed by atoms with Crippen LogP contribution in [0.3, 0.4) is 0 Å². The molecule has 0 unspecified atom stereocenters. The van der Waals surface area contributed by atoms with E-state index in [1.807, 2.05) is 0 Å². The fourth-order valence-electron chi connectivity index (χ4n) is 10.2. The van der Waals surface area contributed by atoms with E-state index in [1.165, 1.54) is 49.0 Å². The third-order valence-corrected chi connectivity index (χ3v) is 13.2. The number of anilines is 3. The number of nitrogens with zero attached hydrogens (tertiary/aromatic N) is 2. The van der Waals surface area contributed by atoms with Gasteiger partial charge in [0.2, 0.25) is 0 Å². The number of aromatic nitrogens is 1. The number of para-hydroxylation sites is 3. The van der Waals surface area contributed by atoms with Crippen molar-refractivity contribution in [1.29, 1.82) is 0 Å². The third-order valence-electron chi connectivity index (χ3n) is 13.2. The molecular formula is C62H40N2O. The Morgan fingerprint density at radius 2 is 0.892 bits per heavy atom. The van der Waals surface area contributed by atoms with Gasteiger partial charge in [-0.05, 0) is 116 Å². The third kappa shape index (κ3) is 5.97. The highest BCUT2D eigenvalue weighted by Crippen LogP contribution is 2.50. The molecule has 65 heavy (non-hydrogen) atoms. The molecule has 2 aromatic heterocycles. The van der Waals surface area contributed by atoms with Crippen LogP contribution in [0.4, 0.5) is 17.1 Å². The summed E-state index contributed by atoms with van der Waals surface area (Å²) in [6.07, 6.45) is 0. The van der Waals surface area contributed by atoms with Crippen molar-refractivity contribution >= 4 is 82.4 Å². The molecule has 0 amide bonds. The second-order valence-electron chi connectivity index (χ2n) is 16.8. The summed E-state index contributed by atoms with van der Waals surface area (Å²) in [6, 6.07) is 87.6. The Morgan fingerprint density at radius 1 is 0.338 bits per heavy atom. The Bertz CT molecular complexity index is 3920. The van der Waals surface area contributed by atoms with E-state index in [-0.39, 0.29) is 0 Å². The zero-order chi connectivity index (χ0) is 42.8. The highest BCUT2D eigenvalue weighted by molar-refractivity contribution is 6.23. The minimum absolute atomic E-state index is 0.856. The Morgan fingerprint density at radius 3 is 1.65 bits per heavy atom. The average molecular weight is 829 g/mol. The highest BCUT2D eigenvalue weighted by atomic mass is 16.3. The number of furan rings is 1. The lowest BCUT2D eigenvalue weighted by atomic mass is 9.92. The fraction of sp³-hybridized carbons (Fsp3) is 0. The molecule has 3 heteroatoms. The van der Waals surface area contributed by atoms with Gasteiger partial charge in [-0.25, -0.2) is 0 Å². The largest absolute Gasteiger partial charge is 0.455 e. The van der Waals surface area contributed by atoms with Gasteiger partial charge in [0, 0.05) is 33.1 Å². The number of rotatable bonds is 7. The molecule has 0 bridgehead atoms. The maximum absolute atomic E-state index is 7.07. The summed E-state index contributed by atoms with van der Waals surface area (Å²) >= 11 is 0. The van der Waals surface area contributed by atoms with Gasteiger partial charge in [-0.2, -0.15) is 0 Å². The first-order chi connectivity index (χ1) is 32.3. The van der Waals surface area contributed by atoms with Crippen molar-refractivity contribution < 1.29 is 4.42 Å². The maximum atomic E-state index is 7.07. The number of hydrogen-bond acceptors (Lipinski definition) is 2. The molecule has 2 heterocycles. The fourth-order valence-corrected chi connectivity index (χ4v) is 10.2. The molecule has 0 aliphatic rings. The van der Waals surface area contributed by atoms with Crippen molar-refractivity contribution in [3.05, 3.63) is 243 Å². The molecule has 0 spiro atoms. The molecular weight excluding hydrogens is 789 g/mol. The zero-order valence-corrected chi connectivity index (χ0v) is 35.4. The molecule has 0 aliphatic heterocycles. The lowest BCUT2D eigenvalue weighted by Crippen LogP contribution is -2.11. The SMILES string of the molecule is c1ccc(-c2ccc(-c3ccc(N(c4ccc(-c5cc6ccccc6c6ccccc56)c5oc6ccccc6c45)c4cccc5c4c4ccccc4n5-c4ccccc4)cc3)cc2)cc1. The quantitative estimate of drug-likeness (QED) is 0.149. The standard InChI is InChI=1S/C62H40N2O/c1-3-16-41(17-4-1)42-30-32-43(33-31-42)44-34-36-47(37-35-44)64(57-28-15-27-56-60(57)52-24-11-13-26-55(52)63(56)46-19-5-2-6-20-46)58-39-38-51(62-61(58)53-25-12-14-29-59(53)65-62)54-40-45-18-7-8-21-48(45)49-22-9-10-23-50(49)54/h1-40H. The number of benzene rings is 11. The summed E-state index contributed by atoms with van der Waals surface area (Å²) in [6.45, 7) is 0. The van der Waals surface area contributed by atoms with Gasteiger partial charge in [0.1, 0.15) is 11.2 Å². The van der Waals surface area contributed by atoms with Crippen molar-refractivity contribution in [2.45, 2.75) is 0 Å². The van der Waals surface area contributed by atoms with Crippen LogP contribution in [-0.2, 0) is 0 Å². The minimum Gasteiger partial charge on any atom is -0.455 e. The van der Waals surface area contributed by atoms with Crippen LogP contribution in [0.25, 0.3) is 104 Å². The molecule has 0 fully saturated rings. The van der Waals surface area contributed by atoms with Crippen LogP contribution >= 0.6 is 0 Å². The summed E-state index contributed by atoms with van der Waals surface area (Å²) in [5.74, 6) is 0. The van der Waals surface area contributed by atoms with Gasteiger partial charge in [-0.3, -0.25) is 0 Å². The molecule has 0 radical (unpaired) electrons. The van der Waals surface area contributed by atoms with Gasteiger partial charge in [0.05, 0.1) is 27.8 Å². The monoisotopic (exact) mass is 828 g/mol. The van der Waals surface area contributed by atoms with Crippen molar-refractivity contribution in [2.24, 2.45) is 0 Å². The van der Waals surface area contributed by atoms with E-state index in [9.17, 15) is 0 Å². The lowest BCUT2D eigenvalue weighted by molar-refractivity contribution is 0.670. The van der Waals surface area contributed by atoms with E-state index < -0.39 is 0 Å². The summed E-state index contributed by atoms with van der Waals surface area (Å²) < 4.78 is 9.46. The van der Waals surface area contributed by atoms with Crippen molar-refractivity contribution in [2.75, 3.05) is 4.90 Å². The molecule has 13 aromatic rings. The van der Waals surface area contributed by atoms with Crippen LogP contribution in [-0.4, -0.2) is 4.57 Å². The maximum Gasteiger partial charge on any atom is 0.145 e. The van der Waals surface area contributed by atoms with E-state index in [0.29, 0.717) is 0 Å². The average Bonchev–Trinajstić information content (AvgIpc) is 3.94. The first-order valence-corrected chi connectivity index (χ1v) is 22.3. The molecule has 13 rings (SSSR count). The summed E-state index contributed by atoms with van der Waals surface area (Å²) in [7, 11) is 0. The summed E-state index contributed by atoms with van der Waals surface area (Å²) in [5.41, 5.74) is 15.3. The molecule has 0 atom stereocenters. The lowest BCUT2D eigenvalue weighted by Gasteiger charge is -2.28. The van der Waals surface area contributed by atoms with E-state index in [2.05, 4.69) is 252 Å². The predicted molar refractivity (Wildman–Crippen MR) is 274 cm³/mol. The molecule has 0 aliphatic carbocycles. The van der Waals surface area contributed by atoms with E-state index in [0.717, 1.165) is 72.4 Å². The van der Waals surface area contributed by atoms with Crippen LogP contribution in [0, 0.1) is 0 Å². The second-order valence-corrected chi connectivity index (χ2v) is 16.8. The van der Waals surface area contributed by atoms with Gasteiger partial charge >= 0.3 is 0 Å². The second kappa shape index (κ2) is 15.0. The number of hydrogen-bond donors (Lipinski definition) is 0. The first kappa shape index (κ1) is 36.9. The van der Waals surface area contributed by atoms with Crippen LogP contribution in [0.2, 0.25) is 0 Å². The zero-order valence-electron chi connectivity index (χ0n) is 35.4. The van der Waals surface area contributed by atoms with Crippen LogP contribution in [0.5, 0.6) is 0 Å². The Balaban J connectivity index is 1.07. The van der Waals surface area contributed by atoms with Gasteiger partial charge in [-0.15, -0.1) is 0 Å². The van der Waals surface area contributed by atoms with Crippen molar-refractivity contribution in [3.63, 3.8) is 0 Å². The Labute approximate surface area is 376 Å².